The molecule has 1 N–H and O–H groups in total. The summed E-state index contributed by atoms with van der Waals surface area (Å²) in [4.78, 5) is 23.6. The highest BCUT2D eigenvalue weighted by Crippen LogP contribution is 1.97. The summed E-state index contributed by atoms with van der Waals surface area (Å²) < 4.78 is 0. The predicted molar refractivity (Wildman–Crippen MR) is 51.2 cm³/mol. The molecule has 0 heterocycles. The first-order valence-electron chi connectivity index (χ1n) is 4.54. The molecule has 0 aromatic rings. The van der Waals surface area contributed by atoms with Crippen molar-refractivity contribution in [1.82, 2.24) is 10.2 Å². The molecule has 4 heteroatoms. The second kappa shape index (κ2) is 6.46. The number of carbonyl (C=O) groups excluding carboxylic acids is 2. The maximum absolute atomic E-state index is 11.1. The normalized spacial score (nSPS) is 9.46. The van der Waals surface area contributed by atoms with Crippen molar-refractivity contribution in [3.05, 3.63) is 0 Å². The summed E-state index contributed by atoms with van der Waals surface area (Å²) >= 11 is 0. The number of rotatable bonds is 5. The molecule has 4 nitrogen and oxygen atoms in total. The first-order chi connectivity index (χ1) is 6.07. The molecule has 0 aromatic carbocycles. The van der Waals surface area contributed by atoms with E-state index in [4.69, 9.17) is 0 Å². The molecule has 0 aliphatic heterocycles. The van der Waals surface area contributed by atoms with Crippen LogP contribution in [0, 0.1) is 0 Å². The molecule has 0 radical (unpaired) electrons. The standard InChI is InChI=1S/C9H18N2O2/c1-4-10-8(12)6-5-7-9(13)11(2)3/h4-7H2,1-3H3,(H,10,12). The lowest BCUT2D eigenvalue weighted by Gasteiger charge is -2.09. The summed E-state index contributed by atoms with van der Waals surface area (Å²) in [6.45, 7) is 2.53. The molecule has 0 rings (SSSR count). The minimum atomic E-state index is 0.0223. The molecule has 0 atom stereocenters. The fourth-order valence-corrected chi connectivity index (χ4v) is 0.909. The van der Waals surface area contributed by atoms with Crippen LogP contribution in [0.1, 0.15) is 26.2 Å². The summed E-state index contributed by atoms with van der Waals surface area (Å²) in [7, 11) is 3.43. The van der Waals surface area contributed by atoms with Crippen LogP contribution in [0.5, 0.6) is 0 Å². The van der Waals surface area contributed by atoms with E-state index in [9.17, 15) is 9.59 Å². The van der Waals surface area contributed by atoms with E-state index in [1.54, 1.807) is 14.1 Å². The predicted octanol–water partition coefficient (Wildman–Crippen LogP) is 0.381. The van der Waals surface area contributed by atoms with E-state index >= 15 is 0 Å². The summed E-state index contributed by atoms with van der Waals surface area (Å²) in [5.41, 5.74) is 0. The largest absolute Gasteiger partial charge is 0.356 e. The number of carbonyl (C=O) groups is 2. The lowest BCUT2D eigenvalue weighted by Crippen LogP contribution is -2.24. The molecule has 0 unspecified atom stereocenters. The molecule has 0 aromatic heterocycles. The maximum Gasteiger partial charge on any atom is 0.222 e. The zero-order chi connectivity index (χ0) is 10.3. The van der Waals surface area contributed by atoms with Crippen molar-refractivity contribution < 1.29 is 9.59 Å². The van der Waals surface area contributed by atoms with Gasteiger partial charge in [-0.15, -0.1) is 0 Å². The highest BCUT2D eigenvalue weighted by atomic mass is 16.2. The van der Waals surface area contributed by atoms with Crippen LogP contribution in [0.3, 0.4) is 0 Å². The van der Waals surface area contributed by atoms with E-state index in [1.165, 1.54) is 4.90 Å². The fraction of sp³-hybridized carbons (Fsp3) is 0.778. The van der Waals surface area contributed by atoms with E-state index in [2.05, 4.69) is 5.32 Å². The zero-order valence-corrected chi connectivity index (χ0v) is 8.59. The molecular formula is C9H18N2O2. The molecule has 2 amide bonds. The lowest BCUT2D eigenvalue weighted by atomic mass is 10.2. The number of amides is 2. The van der Waals surface area contributed by atoms with Gasteiger partial charge in [-0.25, -0.2) is 0 Å². The van der Waals surface area contributed by atoms with E-state index < -0.39 is 0 Å². The van der Waals surface area contributed by atoms with Gasteiger partial charge < -0.3 is 10.2 Å². The Morgan fingerprint density at radius 3 is 2.31 bits per heavy atom. The van der Waals surface area contributed by atoms with E-state index in [1.807, 2.05) is 6.92 Å². The van der Waals surface area contributed by atoms with Crippen LogP contribution in [0.15, 0.2) is 0 Å². The average Bonchev–Trinajstić information content (AvgIpc) is 2.04. The van der Waals surface area contributed by atoms with Gasteiger partial charge in [0.25, 0.3) is 0 Å². The van der Waals surface area contributed by atoms with Gasteiger partial charge in [0, 0.05) is 33.5 Å². The van der Waals surface area contributed by atoms with Crippen LogP contribution in [0.2, 0.25) is 0 Å². The third-order valence-corrected chi connectivity index (χ3v) is 1.67. The van der Waals surface area contributed by atoms with Crippen molar-refractivity contribution in [2.75, 3.05) is 20.6 Å². The zero-order valence-electron chi connectivity index (χ0n) is 8.59. The molecule has 0 aliphatic rings. The van der Waals surface area contributed by atoms with Crippen molar-refractivity contribution in [3.8, 4) is 0 Å². The second-order valence-corrected chi connectivity index (χ2v) is 3.10. The smallest absolute Gasteiger partial charge is 0.222 e. The van der Waals surface area contributed by atoms with Gasteiger partial charge >= 0.3 is 0 Å². The Morgan fingerprint density at radius 2 is 1.85 bits per heavy atom. The molecular weight excluding hydrogens is 168 g/mol. The molecule has 0 saturated heterocycles. The van der Waals surface area contributed by atoms with Gasteiger partial charge in [0.05, 0.1) is 0 Å². The Labute approximate surface area is 79.3 Å². The van der Waals surface area contributed by atoms with Gasteiger partial charge in [0.2, 0.25) is 11.8 Å². The molecule has 0 aliphatic carbocycles. The average molecular weight is 186 g/mol. The third-order valence-electron chi connectivity index (χ3n) is 1.67. The number of nitrogens with zero attached hydrogens (tertiary/aromatic N) is 1. The Kier molecular flexibility index (Phi) is 5.93. The quantitative estimate of drug-likeness (QED) is 0.675. The SMILES string of the molecule is CCNC(=O)CCCC(=O)N(C)C. The molecule has 0 spiro atoms. The first-order valence-corrected chi connectivity index (χ1v) is 4.54. The highest BCUT2D eigenvalue weighted by Gasteiger charge is 2.05. The maximum atomic E-state index is 11.1. The van der Waals surface area contributed by atoms with Gasteiger partial charge in [-0.3, -0.25) is 9.59 Å². The van der Waals surface area contributed by atoms with Crippen molar-refractivity contribution in [2.45, 2.75) is 26.2 Å². The van der Waals surface area contributed by atoms with Crippen LogP contribution in [0.25, 0.3) is 0 Å². The summed E-state index contributed by atoms with van der Waals surface area (Å²) in [6, 6.07) is 0. The van der Waals surface area contributed by atoms with Gasteiger partial charge in [0.1, 0.15) is 0 Å². The van der Waals surface area contributed by atoms with Crippen LogP contribution in [0.4, 0.5) is 0 Å². The van der Waals surface area contributed by atoms with Gasteiger partial charge in [-0.2, -0.15) is 0 Å². The van der Waals surface area contributed by atoms with Crippen molar-refractivity contribution in [3.63, 3.8) is 0 Å². The van der Waals surface area contributed by atoms with E-state index in [0.717, 1.165) is 0 Å². The summed E-state index contributed by atoms with van der Waals surface area (Å²) in [5.74, 6) is 0.0957. The van der Waals surface area contributed by atoms with Gasteiger partial charge in [-0.05, 0) is 13.3 Å². The van der Waals surface area contributed by atoms with Crippen molar-refractivity contribution >= 4 is 11.8 Å². The summed E-state index contributed by atoms with van der Waals surface area (Å²) in [5, 5.41) is 2.68. The van der Waals surface area contributed by atoms with Crippen molar-refractivity contribution in [1.29, 1.82) is 0 Å². The highest BCUT2D eigenvalue weighted by molar-refractivity contribution is 5.78. The Balaban J connectivity index is 3.45. The van der Waals surface area contributed by atoms with Gasteiger partial charge in [0.15, 0.2) is 0 Å². The first kappa shape index (κ1) is 11.9. The molecule has 0 saturated carbocycles. The number of hydrogen-bond acceptors (Lipinski definition) is 2. The number of hydrogen-bond donors (Lipinski definition) is 1. The summed E-state index contributed by atoms with van der Waals surface area (Å²) in [6.07, 6.45) is 1.51. The van der Waals surface area contributed by atoms with Gasteiger partial charge in [-0.1, -0.05) is 0 Å². The van der Waals surface area contributed by atoms with Crippen LogP contribution < -0.4 is 5.32 Å². The monoisotopic (exact) mass is 186 g/mol. The third kappa shape index (κ3) is 6.13. The Bertz CT molecular complexity index is 178. The van der Waals surface area contributed by atoms with Crippen molar-refractivity contribution in [2.24, 2.45) is 0 Å². The minimum absolute atomic E-state index is 0.0223. The second-order valence-electron chi connectivity index (χ2n) is 3.10. The van der Waals surface area contributed by atoms with Crippen LogP contribution >= 0.6 is 0 Å². The van der Waals surface area contributed by atoms with E-state index in [0.29, 0.717) is 25.8 Å². The van der Waals surface area contributed by atoms with E-state index in [-0.39, 0.29) is 11.8 Å². The number of nitrogens with one attached hydrogen (secondary N) is 1. The molecule has 0 bridgehead atoms. The Hall–Kier alpha value is -1.06. The fourth-order valence-electron chi connectivity index (χ4n) is 0.909. The minimum Gasteiger partial charge on any atom is -0.356 e. The van der Waals surface area contributed by atoms with Crippen LogP contribution in [-0.2, 0) is 9.59 Å². The Morgan fingerprint density at radius 1 is 1.23 bits per heavy atom. The topological polar surface area (TPSA) is 49.4 Å². The molecule has 0 fully saturated rings. The lowest BCUT2D eigenvalue weighted by molar-refractivity contribution is -0.128. The molecule has 76 valence electrons. The molecule has 13 heavy (non-hydrogen) atoms. The van der Waals surface area contributed by atoms with Crippen LogP contribution in [-0.4, -0.2) is 37.4 Å².